The van der Waals surface area contributed by atoms with Crippen molar-refractivity contribution in [2.24, 2.45) is 0 Å². The molecule has 4 rings (SSSR count). The minimum Gasteiger partial charge on any atom is -0.497 e. The van der Waals surface area contributed by atoms with Crippen molar-refractivity contribution in [2.75, 3.05) is 26.7 Å². The van der Waals surface area contributed by atoms with Crippen LogP contribution in [0.25, 0.3) is 0 Å². The van der Waals surface area contributed by atoms with Gasteiger partial charge in [0.05, 0.1) is 19.6 Å². The number of methoxy groups -OCH3 is 1. The Balaban J connectivity index is 1.45. The van der Waals surface area contributed by atoms with Gasteiger partial charge in [-0.05, 0) is 30.5 Å². The molecule has 2 amide bonds. The van der Waals surface area contributed by atoms with Crippen LogP contribution in [0.2, 0.25) is 0 Å². The van der Waals surface area contributed by atoms with Crippen LogP contribution in [0.1, 0.15) is 43.0 Å². The van der Waals surface area contributed by atoms with Crippen molar-refractivity contribution < 1.29 is 14.3 Å². The molecular formula is C21H27N5O3. The van der Waals surface area contributed by atoms with Crippen LogP contribution in [0.5, 0.6) is 5.75 Å². The number of carbonyl (C=O) groups excluding carboxylic acids is 2. The van der Waals surface area contributed by atoms with Gasteiger partial charge in [0.1, 0.15) is 11.6 Å². The van der Waals surface area contributed by atoms with Gasteiger partial charge in [0.2, 0.25) is 11.8 Å². The van der Waals surface area contributed by atoms with Gasteiger partial charge in [-0.1, -0.05) is 12.1 Å². The lowest BCUT2D eigenvalue weighted by Gasteiger charge is -2.24. The predicted molar refractivity (Wildman–Crippen MR) is 106 cm³/mol. The minimum atomic E-state index is -0.00668. The zero-order valence-electron chi connectivity index (χ0n) is 17.0. The van der Waals surface area contributed by atoms with Crippen molar-refractivity contribution >= 4 is 11.8 Å². The Kier molecular flexibility index (Phi) is 5.51. The highest BCUT2D eigenvalue weighted by Crippen LogP contribution is 2.31. The zero-order valence-corrected chi connectivity index (χ0v) is 17.0. The van der Waals surface area contributed by atoms with E-state index in [-0.39, 0.29) is 17.9 Å². The van der Waals surface area contributed by atoms with E-state index < -0.39 is 0 Å². The number of fused-ring (bicyclic) bond motifs is 1. The van der Waals surface area contributed by atoms with E-state index in [2.05, 4.69) is 14.8 Å². The lowest BCUT2D eigenvalue weighted by atomic mass is 10.1. The SMILES string of the molecule is COc1cccc(CC(=O)N2CCc3nnc(C4CCCN4C(C)=O)n3CC2)c1. The molecule has 0 N–H and O–H groups in total. The number of carbonyl (C=O) groups is 2. The average molecular weight is 397 g/mol. The summed E-state index contributed by atoms with van der Waals surface area (Å²) in [7, 11) is 1.63. The first kappa shape index (κ1) is 19.4. The number of aromatic nitrogens is 3. The quantitative estimate of drug-likeness (QED) is 0.783. The first-order chi connectivity index (χ1) is 14.1. The van der Waals surface area contributed by atoms with Crippen LogP contribution in [-0.4, -0.2) is 63.1 Å². The molecule has 1 atom stereocenters. The van der Waals surface area contributed by atoms with Crippen LogP contribution in [-0.2, 0) is 29.0 Å². The first-order valence-corrected chi connectivity index (χ1v) is 10.2. The Bertz CT molecular complexity index is 909. The Hall–Kier alpha value is -2.90. The third-order valence-electron chi connectivity index (χ3n) is 5.85. The highest BCUT2D eigenvalue weighted by atomic mass is 16.5. The van der Waals surface area contributed by atoms with E-state index in [1.807, 2.05) is 34.1 Å². The van der Waals surface area contributed by atoms with Crippen LogP contribution >= 0.6 is 0 Å². The van der Waals surface area contributed by atoms with Crippen LogP contribution in [0.4, 0.5) is 0 Å². The summed E-state index contributed by atoms with van der Waals surface area (Å²) in [6.45, 7) is 4.28. The Morgan fingerprint density at radius 2 is 2.03 bits per heavy atom. The summed E-state index contributed by atoms with van der Waals surface area (Å²) >= 11 is 0. The van der Waals surface area contributed by atoms with Gasteiger partial charge in [0, 0.05) is 39.5 Å². The third-order valence-corrected chi connectivity index (χ3v) is 5.85. The predicted octanol–water partition coefficient (Wildman–Crippen LogP) is 1.60. The Labute approximate surface area is 170 Å². The number of hydrogen-bond acceptors (Lipinski definition) is 5. The number of likely N-dealkylation sites (tertiary alicyclic amines) is 1. The van der Waals surface area contributed by atoms with Gasteiger partial charge < -0.3 is 19.1 Å². The van der Waals surface area contributed by atoms with Crippen molar-refractivity contribution in [1.29, 1.82) is 0 Å². The summed E-state index contributed by atoms with van der Waals surface area (Å²) in [5.41, 5.74) is 0.946. The molecule has 1 saturated heterocycles. The molecule has 0 aliphatic carbocycles. The molecule has 0 radical (unpaired) electrons. The standard InChI is InChI=1S/C21H27N5O3/c1-15(27)25-9-4-7-18(25)21-23-22-19-8-10-24(11-12-26(19)21)20(28)14-16-5-3-6-17(13-16)29-2/h3,5-6,13,18H,4,7-12,14H2,1-2H3. The van der Waals surface area contributed by atoms with Crippen molar-refractivity contribution in [2.45, 2.75) is 45.2 Å². The van der Waals surface area contributed by atoms with E-state index in [1.54, 1.807) is 14.0 Å². The van der Waals surface area contributed by atoms with E-state index >= 15 is 0 Å². The lowest BCUT2D eigenvalue weighted by Crippen LogP contribution is -2.35. The molecule has 0 bridgehead atoms. The number of amides is 2. The van der Waals surface area contributed by atoms with Crippen LogP contribution < -0.4 is 4.74 Å². The van der Waals surface area contributed by atoms with Crippen LogP contribution in [0.15, 0.2) is 24.3 Å². The maximum atomic E-state index is 12.9. The van der Waals surface area contributed by atoms with Crippen molar-refractivity contribution in [3.8, 4) is 5.75 Å². The van der Waals surface area contributed by atoms with Gasteiger partial charge in [-0.25, -0.2) is 0 Å². The maximum Gasteiger partial charge on any atom is 0.227 e. The second kappa shape index (κ2) is 8.23. The largest absolute Gasteiger partial charge is 0.497 e. The van der Waals surface area contributed by atoms with Gasteiger partial charge >= 0.3 is 0 Å². The molecule has 0 spiro atoms. The first-order valence-electron chi connectivity index (χ1n) is 10.2. The fourth-order valence-corrected chi connectivity index (χ4v) is 4.32. The van der Waals surface area contributed by atoms with Gasteiger partial charge in [0.15, 0.2) is 5.82 Å². The third kappa shape index (κ3) is 3.97. The second-order valence-corrected chi connectivity index (χ2v) is 7.66. The molecule has 1 fully saturated rings. The lowest BCUT2D eigenvalue weighted by molar-refractivity contribution is -0.130. The Morgan fingerprint density at radius 3 is 2.83 bits per heavy atom. The molecule has 3 heterocycles. The van der Waals surface area contributed by atoms with Crippen LogP contribution in [0.3, 0.4) is 0 Å². The van der Waals surface area contributed by atoms with Crippen LogP contribution in [0, 0.1) is 0 Å². The number of benzene rings is 1. The number of nitrogens with zero attached hydrogens (tertiary/aromatic N) is 5. The highest BCUT2D eigenvalue weighted by molar-refractivity contribution is 5.79. The number of hydrogen-bond donors (Lipinski definition) is 0. The van der Waals surface area contributed by atoms with Gasteiger partial charge in [-0.15, -0.1) is 10.2 Å². The Morgan fingerprint density at radius 1 is 1.17 bits per heavy atom. The topological polar surface area (TPSA) is 80.6 Å². The molecular weight excluding hydrogens is 370 g/mol. The van der Waals surface area contributed by atoms with Gasteiger partial charge in [-0.2, -0.15) is 0 Å². The van der Waals surface area contributed by atoms with E-state index in [9.17, 15) is 9.59 Å². The summed E-state index contributed by atoms with van der Waals surface area (Å²) in [6.07, 6.45) is 2.92. The molecule has 2 aliphatic rings. The highest BCUT2D eigenvalue weighted by Gasteiger charge is 2.33. The molecule has 8 heteroatoms. The van der Waals surface area contributed by atoms with E-state index in [4.69, 9.17) is 4.74 Å². The van der Waals surface area contributed by atoms with Gasteiger partial charge in [0.25, 0.3) is 0 Å². The summed E-state index contributed by atoms with van der Waals surface area (Å²) in [4.78, 5) is 28.6. The van der Waals surface area contributed by atoms with E-state index in [0.29, 0.717) is 32.5 Å². The molecule has 29 heavy (non-hydrogen) atoms. The summed E-state index contributed by atoms with van der Waals surface area (Å²) in [6, 6.07) is 7.62. The molecule has 8 nitrogen and oxygen atoms in total. The molecule has 2 aliphatic heterocycles. The average Bonchev–Trinajstić information content (AvgIpc) is 3.30. The summed E-state index contributed by atoms with van der Waals surface area (Å²) in [5.74, 6) is 2.69. The smallest absolute Gasteiger partial charge is 0.227 e. The molecule has 2 aromatic rings. The van der Waals surface area contributed by atoms with Crippen molar-refractivity contribution in [3.63, 3.8) is 0 Å². The second-order valence-electron chi connectivity index (χ2n) is 7.66. The van der Waals surface area contributed by atoms with Crippen molar-refractivity contribution in [3.05, 3.63) is 41.5 Å². The molecule has 1 aromatic heterocycles. The van der Waals surface area contributed by atoms with Crippen molar-refractivity contribution in [1.82, 2.24) is 24.6 Å². The normalized spacial score (nSPS) is 19.0. The zero-order chi connectivity index (χ0) is 20.4. The molecule has 0 saturated carbocycles. The fraction of sp³-hybridized carbons (Fsp3) is 0.524. The minimum absolute atomic E-state index is 0.00668. The summed E-state index contributed by atoms with van der Waals surface area (Å²) < 4.78 is 7.37. The monoisotopic (exact) mass is 397 g/mol. The maximum absolute atomic E-state index is 12.9. The fourth-order valence-electron chi connectivity index (χ4n) is 4.32. The molecule has 154 valence electrons. The summed E-state index contributed by atoms with van der Waals surface area (Å²) in [5, 5.41) is 8.79. The molecule has 1 aromatic carbocycles. The number of ether oxygens (including phenoxy) is 1. The van der Waals surface area contributed by atoms with E-state index in [1.165, 1.54) is 0 Å². The van der Waals surface area contributed by atoms with Gasteiger partial charge in [-0.3, -0.25) is 9.59 Å². The number of rotatable bonds is 4. The van der Waals surface area contributed by atoms with E-state index in [0.717, 1.165) is 42.3 Å². The molecule has 1 unspecified atom stereocenters.